The summed E-state index contributed by atoms with van der Waals surface area (Å²) in [6.45, 7) is -2.83. The fourth-order valence-corrected chi connectivity index (χ4v) is 1.56. The Balaban J connectivity index is 2.25. The third-order valence-electron chi connectivity index (χ3n) is 2.11. The van der Waals surface area contributed by atoms with Crippen molar-refractivity contribution in [2.24, 2.45) is 0 Å². The third-order valence-corrected chi connectivity index (χ3v) is 2.94. The Morgan fingerprint density at radius 1 is 1.22 bits per heavy atom. The number of hydrogen-bond acceptors (Lipinski definition) is 4. The molecule has 0 fully saturated rings. The second kappa shape index (κ2) is 5.42. The second-order valence-electron chi connectivity index (χ2n) is 3.33. The highest BCUT2D eigenvalue weighted by atomic mass is 127. The molecule has 4 nitrogen and oxygen atoms in total. The van der Waals surface area contributed by atoms with Gasteiger partial charge in [-0.3, -0.25) is 0 Å². The fourth-order valence-electron chi connectivity index (χ4n) is 1.30. The number of nitrogens with zero attached hydrogens (tertiary/aromatic N) is 2. The van der Waals surface area contributed by atoms with Gasteiger partial charge in [0.05, 0.1) is 3.57 Å². The summed E-state index contributed by atoms with van der Waals surface area (Å²) in [6.07, 6.45) is 1.60. The zero-order valence-electron chi connectivity index (χ0n) is 8.98. The van der Waals surface area contributed by atoms with Gasteiger partial charge in [-0.25, -0.2) is 9.97 Å². The molecule has 94 valence electrons. The van der Waals surface area contributed by atoms with E-state index in [0.717, 1.165) is 3.57 Å². The first-order valence-corrected chi connectivity index (χ1v) is 5.97. The maximum Gasteiger partial charge on any atom is 0.387 e. The molecular weight excluding hydrogens is 355 g/mol. The van der Waals surface area contributed by atoms with Gasteiger partial charge in [-0.15, -0.1) is 0 Å². The standard InChI is InChI=1S/C11H8F2IN3O/c12-11(13)18-7-3-1-6(2-4-7)10-16-5-8(14)9(15)17-10/h1-5,11H,(H2,15,16,17). The summed E-state index contributed by atoms with van der Waals surface area (Å²) < 4.78 is 29.0. The average Bonchev–Trinajstić information content (AvgIpc) is 2.33. The largest absolute Gasteiger partial charge is 0.435 e. The van der Waals surface area contributed by atoms with Crippen LogP contribution < -0.4 is 10.5 Å². The summed E-state index contributed by atoms with van der Waals surface area (Å²) in [7, 11) is 0. The summed E-state index contributed by atoms with van der Waals surface area (Å²) in [5.74, 6) is 0.914. The first-order chi connectivity index (χ1) is 8.56. The number of aromatic nitrogens is 2. The lowest BCUT2D eigenvalue weighted by molar-refractivity contribution is -0.0498. The molecule has 7 heteroatoms. The summed E-state index contributed by atoms with van der Waals surface area (Å²) >= 11 is 2.03. The number of halogens is 3. The Bertz CT molecular complexity index is 548. The van der Waals surface area contributed by atoms with Gasteiger partial charge in [0.2, 0.25) is 0 Å². The Morgan fingerprint density at radius 3 is 2.44 bits per heavy atom. The highest BCUT2D eigenvalue weighted by molar-refractivity contribution is 14.1. The summed E-state index contributed by atoms with van der Waals surface area (Å²) in [6, 6.07) is 6.05. The predicted octanol–water partition coefficient (Wildman–Crippen LogP) is 2.93. The highest BCUT2D eigenvalue weighted by Crippen LogP contribution is 2.22. The lowest BCUT2D eigenvalue weighted by Crippen LogP contribution is -2.02. The molecule has 0 unspecified atom stereocenters. The van der Waals surface area contributed by atoms with E-state index >= 15 is 0 Å². The van der Waals surface area contributed by atoms with Crippen molar-refractivity contribution in [3.05, 3.63) is 34.0 Å². The molecule has 1 heterocycles. The molecule has 2 rings (SSSR count). The number of benzene rings is 1. The van der Waals surface area contributed by atoms with Crippen molar-refractivity contribution in [1.29, 1.82) is 0 Å². The minimum absolute atomic E-state index is 0.0900. The lowest BCUT2D eigenvalue weighted by Gasteiger charge is -2.06. The van der Waals surface area contributed by atoms with Crippen molar-refractivity contribution in [1.82, 2.24) is 9.97 Å². The van der Waals surface area contributed by atoms with Crippen molar-refractivity contribution in [3.63, 3.8) is 0 Å². The normalized spacial score (nSPS) is 10.7. The first-order valence-electron chi connectivity index (χ1n) is 4.89. The molecule has 0 aliphatic heterocycles. The van der Waals surface area contributed by atoms with Crippen molar-refractivity contribution in [2.45, 2.75) is 6.61 Å². The minimum atomic E-state index is -2.83. The van der Waals surface area contributed by atoms with Crippen molar-refractivity contribution in [2.75, 3.05) is 5.73 Å². The zero-order chi connectivity index (χ0) is 13.1. The average molecular weight is 363 g/mol. The third kappa shape index (κ3) is 3.03. The van der Waals surface area contributed by atoms with Crippen LogP contribution in [0.2, 0.25) is 0 Å². The van der Waals surface area contributed by atoms with E-state index in [9.17, 15) is 8.78 Å². The smallest absolute Gasteiger partial charge is 0.387 e. The second-order valence-corrected chi connectivity index (χ2v) is 4.49. The predicted molar refractivity (Wildman–Crippen MR) is 71.2 cm³/mol. The maximum absolute atomic E-state index is 12.0. The number of alkyl halides is 2. The SMILES string of the molecule is Nc1nc(-c2ccc(OC(F)F)cc2)ncc1I. The molecule has 18 heavy (non-hydrogen) atoms. The summed E-state index contributed by atoms with van der Waals surface area (Å²) in [5, 5.41) is 0. The van der Waals surface area contributed by atoms with Crippen molar-refractivity contribution < 1.29 is 13.5 Å². The number of anilines is 1. The van der Waals surface area contributed by atoms with Gasteiger partial charge in [0, 0.05) is 11.8 Å². The van der Waals surface area contributed by atoms with E-state index in [1.165, 1.54) is 12.1 Å². The van der Waals surface area contributed by atoms with E-state index in [0.29, 0.717) is 17.2 Å². The van der Waals surface area contributed by atoms with Crippen LogP contribution in [0.1, 0.15) is 0 Å². The molecule has 1 aromatic heterocycles. The number of nitrogen functional groups attached to an aromatic ring is 1. The van der Waals surface area contributed by atoms with Gasteiger partial charge in [0.15, 0.2) is 5.82 Å². The van der Waals surface area contributed by atoms with Gasteiger partial charge in [-0.2, -0.15) is 8.78 Å². The molecule has 0 spiro atoms. The van der Waals surface area contributed by atoms with E-state index in [1.807, 2.05) is 22.6 Å². The van der Waals surface area contributed by atoms with Gasteiger partial charge in [0.1, 0.15) is 11.6 Å². The minimum Gasteiger partial charge on any atom is -0.435 e. The molecule has 1 aromatic carbocycles. The molecular formula is C11H8F2IN3O. The molecule has 0 saturated carbocycles. The van der Waals surface area contributed by atoms with Crippen LogP contribution in [-0.2, 0) is 0 Å². The van der Waals surface area contributed by atoms with Crippen LogP contribution in [0.25, 0.3) is 11.4 Å². The van der Waals surface area contributed by atoms with Crippen LogP contribution in [0, 0.1) is 3.57 Å². The van der Waals surface area contributed by atoms with Crippen molar-refractivity contribution in [3.8, 4) is 17.1 Å². The van der Waals surface area contributed by atoms with E-state index in [-0.39, 0.29) is 5.75 Å². The van der Waals surface area contributed by atoms with Crippen molar-refractivity contribution >= 4 is 28.4 Å². The topological polar surface area (TPSA) is 61.0 Å². The monoisotopic (exact) mass is 363 g/mol. The molecule has 0 aliphatic rings. The van der Waals surface area contributed by atoms with Gasteiger partial charge >= 0.3 is 6.61 Å². The van der Waals surface area contributed by atoms with E-state index < -0.39 is 6.61 Å². The quantitative estimate of drug-likeness (QED) is 0.852. The molecule has 2 aromatic rings. The first kappa shape index (κ1) is 12.9. The number of hydrogen-bond donors (Lipinski definition) is 1. The van der Waals surface area contributed by atoms with Crippen LogP contribution in [0.3, 0.4) is 0 Å². The molecule has 0 radical (unpaired) electrons. The lowest BCUT2D eigenvalue weighted by atomic mass is 10.2. The molecule has 2 N–H and O–H groups in total. The van der Waals surface area contributed by atoms with Crippen LogP contribution in [-0.4, -0.2) is 16.6 Å². The number of nitrogens with two attached hydrogens (primary N) is 1. The number of rotatable bonds is 3. The van der Waals surface area contributed by atoms with Crippen LogP contribution >= 0.6 is 22.6 Å². The van der Waals surface area contributed by atoms with E-state index in [1.54, 1.807) is 18.3 Å². The van der Waals surface area contributed by atoms with E-state index in [2.05, 4.69) is 14.7 Å². The summed E-state index contributed by atoms with van der Waals surface area (Å²) in [4.78, 5) is 8.22. The Morgan fingerprint density at radius 2 is 1.89 bits per heavy atom. The van der Waals surface area contributed by atoms with Gasteiger partial charge in [-0.1, -0.05) is 0 Å². The Kier molecular flexibility index (Phi) is 3.90. The highest BCUT2D eigenvalue weighted by Gasteiger charge is 2.07. The number of ether oxygens (including phenoxy) is 1. The fraction of sp³-hybridized carbons (Fsp3) is 0.0909. The van der Waals surface area contributed by atoms with Gasteiger partial charge < -0.3 is 10.5 Å². The van der Waals surface area contributed by atoms with Gasteiger partial charge in [-0.05, 0) is 46.9 Å². The molecule has 0 aliphatic carbocycles. The van der Waals surface area contributed by atoms with Crippen LogP contribution in [0.5, 0.6) is 5.75 Å². The van der Waals surface area contributed by atoms with Crippen LogP contribution in [0.4, 0.5) is 14.6 Å². The molecule has 0 amide bonds. The molecule has 0 atom stereocenters. The van der Waals surface area contributed by atoms with E-state index in [4.69, 9.17) is 5.73 Å². The molecule has 0 bridgehead atoms. The Labute approximate surface area is 115 Å². The Hall–Kier alpha value is -1.51. The maximum atomic E-state index is 12.0. The van der Waals surface area contributed by atoms with Gasteiger partial charge in [0.25, 0.3) is 0 Å². The summed E-state index contributed by atoms with van der Waals surface area (Å²) in [5.41, 5.74) is 6.35. The van der Waals surface area contributed by atoms with Crippen LogP contribution in [0.15, 0.2) is 30.5 Å². The molecule has 0 saturated heterocycles. The zero-order valence-corrected chi connectivity index (χ0v) is 11.1.